The number of hydrogen-bond acceptors (Lipinski definition) is 6. The lowest BCUT2D eigenvalue weighted by Gasteiger charge is -2.25. The van der Waals surface area contributed by atoms with Crippen LogP contribution in [0.4, 0.5) is 5.69 Å². The van der Waals surface area contributed by atoms with Crippen molar-refractivity contribution >= 4 is 40.7 Å². The Balaban J connectivity index is 1.37. The normalized spacial score (nSPS) is 15.3. The molecule has 0 unspecified atom stereocenters. The van der Waals surface area contributed by atoms with Crippen molar-refractivity contribution in [2.24, 2.45) is 0 Å². The van der Waals surface area contributed by atoms with Gasteiger partial charge in [0.1, 0.15) is 23.9 Å². The predicted octanol–water partition coefficient (Wildman–Crippen LogP) is 7.50. The van der Waals surface area contributed by atoms with E-state index in [1.807, 2.05) is 71.6 Å². The van der Waals surface area contributed by atoms with Crippen molar-refractivity contribution in [2.45, 2.75) is 19.5 Å². The van der Waals surface area contributed by atoms with Gasteiger partial charge in [0, 0.05) is 42.5 Å². The maximum Gasteiger partial charge on any atom is 0.258 e. The van der Waals surface area contributed by atoms with E-state index in [0.29, 0.717) is 84.4 Å². The fraction of sp³-hybridized carbons (Fsp3) is 0.243. The molecule has 0 atom stereocenters. The van der Waals surface area contributed by atoms with Gasteiger partial charge >= 0.3 is 0 Å². The third-order valence-electron chi connectivity index (χ3n) is 7.55. The highest BCUT2D eigenvalue weighted by Crippen LogP contribution is 2.29. The number of ether oxygens (including phenoxy) is 3. The van der Waals surface area contributed by atoms with Crippen molar-refractivity contribution in [1.29, 1.82) is 0 Å². The first-order valence-corrected chi connectivity index (χ1v) is 16.1. The molecule has 1 aliphatic rings. The summed E-state index contributed by atoms with van der Waals surface area (Å²) in [5, 5.41) is 3.76. The molecule has 0 saturated carbocycles. The van der Waals surface area contributed by atoms with Gasteiger partial charge in [0.25, 0.3) is 5.91 Å². The topological polar surface area (TPSA) is 80.3 Å². The zero-order valence-corrected chi connectivity index (χ0v) is 27.7. The molecule has 0 radical (unpaired) electrons. The van der Waals surface area contributed by atoms with E-state index in [1.54, 1.807) is 41.3 Å². The van der Waals surface area contributed by atoms with E-state index in [2.05, 4.69) is 5.32 Å². The first kappa shape index (κ1) is 33.9. The van der Waals surface area contributed by atoms with Crippen LogP contribution in [0.1, 0.15) is 27.9 Å². The van der Waals surface area contributed by atoms with Crippen LogP contribution in [0.3, 0.4) is 0 Å². The lowest BCUT2D eigenvalue weighted by Crippen LogP contribution is -2.34. The molecule has 4 aromatic carbocycles. The number of hydrogen-bond donors (Lipinski definition) is 1. The number of carbonyl (C=O) groups is 2. The van der Waals surface area contributed by atoms with E-state index >= 15 is 0 Å². The Morgan fingerprint density at radius 2 is 1.72 bits per heavy atom. The Morgan fingerprint density at radius 3 is 2.53 bits per heavy atom. The zero-order chi connectivity index (χ0) is 33.0. The van der Waals surface area contributed by atoms with Gasteiger partial charge in [-0.25, -0.2) is 0 Å². The molecule has 1 aliphatic heterocycles. The average molecular weight is 675 g/mol. The van der Waals surface area contributed by atoms with Crippen molar-refractivity contribution in [3.63, 3.8) is 0 Å². The van der Waals surface area contributed by atoms with Gasteiger partial charge in [-0.05, 0) is 54.4 Å². The Kier molecular flexibility index (Phi) is 12.2. The summed E-state index contributed by atoms with van der Waals surface area (Å²) < 4.78 is 17.6. The molecule has 0 saturated heterocycles. The van der Waals surface area contributed by atoms with Crippen LogP contribution in [0.2, 0.25) is 10.0 Å². The molecule has 0 bridgehead atoms. The van der Waals surface area contributed by atoms with Gasteiger partial charge in [-0.15, -0.1) is 0 Å². The second-order valence-electron chi connectivity index (χ2n) is 11.0. The van der Waals surface area contributed by atoms with E-state index in [9.17, 15) is 9.59 Å². The molecule has 0 spiro atoms. The summed E-state index contributed by atoms with van der Waals surface area (Å²) in [6.45, 7) is 2.62. The third-order valence-corrected chi connectivity index (χ3v) is 8.08. The molecule has 10 heteroatoms. The number of fused-ring (bicyclic) bond motifs is 2. The van der Waals surface area contributed by atoms with Gasteiger partial charge in [-0.1, -0.05) is 83.9 Å². The SMILES string of the molecule is COc1ccc(NC(=O)CN2C/C=C/COc3ccccc3CN(Cc3ccccc3)C(=O)c3cc(Cl)ccc3OCCC2)cc1Cl. The van der Waals surface area contributed by atoms with Gasteiger partial charge in [0.2, 0.25) is 5.91 Å². The molecule has 47 heavy (non-hydrogen) atoms. The summed E-state index contributed by atoms with van der Waals surface area (Å²) in [6, 6.07) is 27.8. The summed E-state index contributed by atoms with van der Waals surface area (Å²) in [7, 11) is 1.54. The van der Waals surface area contributed by atoms with E-state index in [4.69, 9.17) is 37.4 Å². The molecule has 4 aromatic rings. The lowest BCUT2D eigenvalue weighted by atomic mass is 10.1. The molecule has 0 aliphatic carbocycles. The molecule has 8 nitrogen and oxygen atoms in total. The Hall–Kier alpha value is -4.50. The van der Waals surface area contributed by atoms with E-state index in [-0.39, 0.29) is 18.4 Å². The minimum absolute atomic E-state index is 0.150. The lowest BCUT2D eigenvalue weighted by molar-refractivity contribution is -0.117. The molecule has 2 amide bonds. The third kappa shape index (κ3) is 9.75. The number of anilines is 1. The minimum Gasteiger partial charge on any atom is -0.495 e. The van der Waals surface area contributed by atoms with Gasteiger partial charge in [0.15, 0.2) is 0 Å². The van der Waals surface area contributed by atoms with E-state index < -0.39 is 0 Å². The van der Waals surface area contributed by atoms with Gasteiger partial charge in [0.05, 0.1) is 30.8 Å². The number of para-hydroxylation sites is 1. The highest BCUT2D eigenvalue weighted by molar-refractivity contribution is 6.32. The highest BCUT2D eigenvalue weighted by Gasteiger charge is 2.23. The molecular formula is C37H37Cl2N3O5. The fourth-order valence-electron chi connectivity index (χ4n) is 5.23. The molecular weight excluding hydrogens is 637 g/mol. The van der Waals surface area contributed by atoms with Crippen molar-refractivity contribution in [3.05, 3.63) is 130 Å². The van der Waals surface area contributed by atoms with Crippen LogP contribution < -0.4 is 19.5 Å². The van der Waals surface area contributed by atoms with Gasteiger partial charge in [-0.2, -0.15) is 0 Å². The van der Waals surface area contributed by atoms with Crippen molar-refractivity contribution in [3.8, 4) is 17.2 Å². The number of amides is 2. The standard InChI is InChI=1S/C37H37Cl2N3O5/c1-45-35-17-15-30(23-32(35)39)40-36(43)26-41-18-7-8-20-46-33-13-6-5-12-28(33)25-42(24-27-10-3-2-4-11-27)37(44)31-22-29(38)14-16-34(31)47-21-9-19-41/h2-8,10-17,22-23H,9,18-21,24-26H2,1H3,(H,40,43)/b8-7+. The second-order valence-corrected chi connectivity index (χ2v) is 11.9. The summed E-state index contributed by atoms with van der Waals surface area (Å²) in [6.07, 6.45) is 4.54. The van der Waals surface area contributed by atoms with Crippen molar-refractivity contribution in [2.75, 3.05) is 45.3 Å². The maximum absolute atomic E-state index is 14.2. The van der Waals surface area contributed by atoms with Crippen LogP contribution in [-0.4, -0.2) is 61.6 Å². The summed E-state index contributed by atoms with van der Waals surface area (Å²) >= 11 is 12.6. The highest BCUT2D eigenvalue weighted by atomic mass is 35.5. The smallest absolute Gasteiger partial charge is 0.258 e. The first-order valence-electron chi connectivity index (χ1n) is 15.4. The Bertz CT molecular complexity index is 1700. The second kappa shape index (κ2) is 16.9. The number of halogens is 2. The largest absolute Gasteiger partial charge is 0.495 e. The minimum atomic E-state index is -0.206. The van der Waals surface area contributed by atoms with E-state index in [0.717, 1.165) is 11.1 Å². The van der Waals surface area contributed by atoms with Crippen LogP contribution in [0.15, 0.2) is 103 Å². The number of nitrogens with zero attached hydrogens (tertiary/aromatic N) is 2. The van der Waals surface area contributed by atoms with Crippen LogP contribution in [0, 0.1) is 0 Å². The molecule has 5 rings (SSSR count). The first-order chi connectivity index (χ1) is 22.9. The Labute approximate surface area is 285 Å². The number of methoxy groups -OCH3 is 1. The van der Waals surface area contributed by atoms with Crippen LogP contribution in [0.25, 0.3) is 0 Å². The van der Waals surface area contributed by atoms with Crippen LogP contribution >= 0.6 is 23.2 Å². The zero-order valence-electron chi connectivity index (χ0n) is 26.2. The fourth-order valence-corrected chi connectivity index (χ4v) is 5.66. The number of rotatable bonds is 6. The van der Waals surface area contributed by atoms with Gasteiger partial charge < -0.3 is 24.4 Å². The summed E-state index contributed by atoms with van der Waals surface area (Å²) in [5.74, 6) is 1.28. The molecule has 0 fully saturated rings. The molecule has 244 valence electrons. The monoisotopic (exact) mass is 673 g/mol. The number of benzene rings is 4. The Morgan fingerprint density at radius 1 is 0.915 bits per heavy atom. The molecule has 0 aromatic heterocycles. The summed E-state index contributed by atoms with van der Waals surface area (Å²) in [4.78, 5) is 31.0. The summed E-state index contributed by atoms with van der Waals surface area (Å²) in [5.41, 5.74) is 2.83. The van der Waals surface area contributed by atoms with Crippen molar-refractivity contribution in [1.82, 2.24) is 9.80 Å². The maximum atomic E-state index is 14.2. The average Bonchev–Trinajstić information content (AvgIpc) is 3.07. The van der Waals surface area contributed by atoms with Gasteiger partial charge in [-0.3, -0.25) is 14.5 Å². The van der Waals surface area contributed by atoms with Crippen LogP contribution in [0.5, 0.6) is 17.2 Å². The van der Waals surface area contributed by atoms with E-state index in [1.165, 1.54) is 7.11 Å². The molecule has 1 heterocycles. The quantitative estimate of drug-likeness (QED) is 0.214. The predicted molar refractivity (Wildman–Crippen MR) is 186 cm³/mol. The van der Waals surface area contributed by atoms with Crippen molar-refractivity contribution < 1.29 is 23.8 Å². The molecule has 1 N–H and O–H groups in total. The number of nitrogens with one attached hydrogen (secondary N) is 1. The number of carbonyl (C=O) groups excluding carboxylic acids is 2. The van der Waals surface area contributed by atoms with Crippen LogP contribution in [-0.2, 0) is 17.9 Å².